The van der Waals surface area contributed by atoms with Crippen molar-refractivity contribution < 1.29 is 27.0 Å². The van der Waals surface area contributed by atoms with Crippen LogP contribution < -0.4 is 15.2 Å². The lowest BCUT2D eigenvalue weighted by molar-refractivity contribution is -0.000456. The highest BCUT2D eigenvalue weighted by Gasteiger charge is 2.20. The molecule has 4 N–H and O–H groups in total. The summed E-state index contributed by atoms with van der Waals surface area (Å²) < 4.78 is 53.9. The van der Waals surface area contributed by atoms with E-state index in [4.69, 9.17) is 15.6 Å². The van der Waals surface area contributed by atoms with Gasteiger partial charge in [0, 0.05) is 6.54 Å². The molecule has 6 nitrogen and oxygen atoms in total. The number of aliphatic hydroxyl groups is 1. The molecular formula is C11H16F2N2O4S. The summed E-state index contributed by atoms with van der Waals surface area (Å²) in [5.41, 5.74) is 5.96. The highest BCUT2D eigenvalue weighted by atomic mass is 32.2. The van der Waals surface area contributed by atoms with Crippen molar-refractivity contribution in [2.75, 3.05) is 24.6 Å². The monoisotopic (exact) mass is 310 g/mol. The third-order valence-electron chi connectivity index (χ3n) is 2.33. The molecule has 0 aliphatic carbocycles. The van der Waals surface area contributed by atoms with Gasteiger partial charge in [-0.25, -0.2) is 21.9 Å². The molecule has 0 saturated heterocycles. The molecule has 20 heavy (non-hydrogen) atoms. The maximum absolute atomic E-state index is 12.0. The highest BCUT2D eigenvalue weighted by Crippen LogP contribution is 2.19. The topological polar surface area (TPSA) is 102 Å². The van der Waals surface area contributed by atoms with Crippen LogP contribution in [0.3, 0.4) is 0 Å². The van der Waals surface area contributed by atoms with Crippen molar-refractivity contribution in [1.29, 1.82) is 0 Å². The van der Waals surface area contributed by atoms with Crippen molar-refractivity contribution in [1.82, 2.24) is 4.72 Å². The van der Waals surface area contributed by atoms with Crippen LogP contribution >= 0.6 is 0 Å². The number of sulfonamides is 1. The van der Waals surface area contributed by atoms with E-state index in [0.717, 1.165) is 0 Å². The number of alkyl halides is 2. The van der Waals surface area contributed by atoms with Crippen LogP contribution in [0, 0.1) is 0 Å². The number of hydrogen-bond acceptors (Lipinski definition) is 5. The summed E-state index contributed by atoms with van der Waals surface area (Å²) in [6, 6.07) is 6.56. The molecule has 1 unspecified atom stereocenters. The predicted molar refractivity (Wildman–Crippen MR) is 70.1 cm³/mol. The minimum atomic E-state index is -3.80. The van der Waals surface area contributed by atoms with Gasteiger partial charge in [-0.15, -0.1) is 0 Å². The summed E-state index contributed by atoms with van der Waals surface area (Å²) in [6.45, 7) is -0.929. The van der Waals surface area contributed by atoms with Crippen LogP contribution in [0.25, 0.3) is 0 Å². The summed E-state index contributed by atoms with van der Waals surface area (Å²) in [4.78, 5) is 0. The summed E-state index contributed by atoms with van der Waals surface area (Å²) in [5, 5.41) is 8.80. The lowest BCUT2D eigenvalue weighted by Gasteiger charge is -2.12. The van der Waals surface area contributed by atoms with E-state index in [1.54, 1.807) is 24.3 Å². The average molecular weight is 310 g/mol. The summed E-state index contributed by atoms with van der Waals surface area (Å²) in [6.07, 6.45) is -5.03. The molecular weight excluding hydrogens is 294 g/mol. The average Bonchev–Trinajstić information content (AvgIpc) is 2.38. The molecule has 1 aromatic carbocycles. The lowest BCUT2D eigenvalue weighted by atomic mass is 10.3. The Kier molecular flexibility index (Phi) is 6.11. The van der Waals surface area contributed by atoms with Gasteiger partial charge in [-0.1, -0.05) is 12.1 Å². The van der Waals surface area contributed by atoms with Crippen LogP contribution in [0.2, 0.25) is 0 Å². The number of nitrogen functional groups attached to an aromatic ring is 1. The van der Waals surface area contributed by atoms with Gasteiger partial charge in [0.15, 0.2) is 0 Å². The van der Waals surface area contributed by atoms with Gasteiger partial charge in [0.25, 0.3) is 6.43 Å². The van der Waals surface area contributed by atoms with Gasteiger partial charge in [0.2, 0.25) is 10.0 Å². The van der Waals surface area contributed by atoms with Crippen LogP contribution in [-0.4, -0.2) is 45.0 Å². The van der Waals surface area contributed by atoms with Crippen LogP contribution in [0.1, 0.15) is 0 Å². The highest BCUT2D eigenvalue weighted by molar-refractivity contribution is 7.89. The molecule has 1 aromatic rings. The fraction of sp³-hybridized carbons (Fsp3) is 0.455. The van der Waals surface area contributed by atoms with Gasteiger partial charge < -0.3 is 15.6 Å². The predicted octanol–water partition coefficient (Wildman–Crippen LogP) is 0.193. The quantitative estimate of drug-likeness (QED) is 0.595. The van der Waals surface area contributed by atoms with Gasteiger partial charge in [-0.3, -0.25) is 0 Å². The lowest BCUT2D eigenvalue weighted by Crippen LogP contribution is -2.38. The molecule has 0 heterocycles. The van der Waals surface area contributed by atoms with Gasteiger partial charge >= 0.3 is 0 Å². The third kappa shape index (κ3) is 5.68. The number of aliphatic hydroxyl groups excluding tert-OH is 1. The number of halogens is 2. The van der Waals surface area contributed by atoms with Crippen molar-refractivity contribution in [3.63, 3.8) is 0 Å². The van der Waals surface area contributed by atoms with Gasteiger partial charge in [0.1, 0.15) is 18.5 Å². The van der Waals surface area contributed by atoms with E-state index in [0.29, 0.717) is 11.4 Å². The zero-order chi connectivity index (χ0) is 15.2. The molecule has 0 spiro atoms. The number of nitrogens with one attached hydrogen (secondary N) is 1. The Labute approximate surface area is 115 Å². The SMILES string of the molecule is Nc1ccccc1OCCS(=O)(=O)NCC(O)C(F)F. The molecule has 0 amide bonds. The number of ether oxygens (including phenoxy) is 1. The Morgan fingerprint density at radius 2 is 2.00 bits per heavy atom. The molecule has 0 bridgehead atoms. The normalized spacial score (nSPS) is 13.4. The van der Waals surface area contributed by atoms with Crippen molar-refractivity contribution in [2.24, 2.45) is 0 Å². The second-order valence-corrected chi connectivity index (χ2v) is 5.88. The van der Waals surface area contributed by atoms with Crippen LogP contribution in [0.4, 0.5) is 14.5 Å². The van der Waals surface area contributed by atoms with E-state index >= 15 is 0 Å². The van der Waals surface area contributed by atoms with E-state index in [1.807, 2.05) is 4.72 Å². The minimum absolute atomic E-state index is 0.186. The smallest absolute Gasteiger partial charge is 0.265 e. The molecule has 0 aromatic heterocycles. The molecule has 114 valence electrons. The first-order valence-corrected chi connectivity index (χ1v) is 7.38. The minimum Gasteiger partial charge on any atom is -0.490 e. The molecule has 1 rings (SSSR count). The second kappa shape index (κ2) is 7.36. The Balaban J connectivity index is 2.39. The van der Waals surface area contributed by atoms with Crippen molar-refractivity contribution in [3.05, 3.63) is 24.3 Å². The Hall–Kier alpha value is -1.45. The Morgan fingerprint density at radius 3 is 2.60 bits per heavy atom. The van der Waals surface area contributed by atoms with Crippen molar-refractivity contribution in [2.45, 2.75) is 12.5 Å². The number of hydrogen-bond donors (Lipinski definition) is 3. The maximum Gasteiger partial charge on any atom is 0.265 e. The van der Waals surface area contributed by atoms with Gasteiger partial charge in [-0.05, 0) is 12.1 Å². The Morgan fingerprint density at radius 1 is 1.35 bits per heavy atom. The summed E-state index contributed by atoms with van der Waals surface area (Å²) in [7, 11) is -3.80. The number of nitrogens with two attached hydrogens (primary N) is 1. The van der Waals surface area contributed by atoms with Crippen LogP contribution in [0.5, 0.6) is 5.75 Å². The van der Waals surface area contributed by atoms with Crippen LogP contribution in [0.15, 0.2) is 24.3 Å². The van der Waals surface area contributed by atoms with Crippen molar-refractivity contribution >= 4 is 15.7 Å². The summed E-state index contributed by atoms with van der Waals surface area (Å²) in [5.74, 6) is -0.0904. The van der Waals surface area contributed by atoms with E-state index in [1.165, 1.54) is 0 Å². The fourth-order valence-electron chi connectivity index (χ4n) is 1.25. The first-order chi connectivity index (χ1) is 9.32. The molecule has 0 aliphatic rings. The number of rotatable bonds is 8. The molecule has 0 saturated carbocycles. The molecule has 0 radical (unpaired) electrons. The zero-order valence-corrected chi connectivity index (χ0v) is 11.3. The van der Waals surface area contributed by atoms with E-state index in [-0.39, 0.29) is 6.61 Å². The summed E-state index contributed by atoms with van der Waals surface area (Å²) >= 11 is 0. The zero-order valence-electron chi connectivity index (χ0n) is 10.5. The van der Waals surface area contributed by atoms with E-state index in [9.17, 15) is 17.2 Å². The first-order valence-electron chi connectivity index (χ1n) is 5.72. The number of benzene rings is 1. The molecule has 1 atom stereocenters. The largest absolute Gasteiger partial charge is 0.490 e. The Bertz CT molecular complexity index is 525. The number of para-hydroxylation sites is 2. The van der Waals surface area contributed by atoms with E-state index < -0.39 is 34.9 Å². The second-order valence-electron chi connectivity index (χ2n) is 3.96. The number of anilines is 1. The standard InChI is InChI=1S/C11H16F2N2O4S/c12-11(13)9(16)7-15-20(17,18)6-5-19-10-4-2-1-3-8(10)14/h1-4,9,11,15-16H,5-7,14H2. The van der Waals surface area contributed by atoms with E-state index in [2.05, 4.69) is 0 Å². The molecule has 0 fully saturated rings. The van der Waals surface area contributed by atoms with Crippen LogP contribution in [-0.2, 0) is 10.0 Å². The first kappa shape index (κ1) is 16.6. The third-order valence-corrected chi connectivity index (χ3v) is 3.64. The molecule has 9 heteroatoms. The van der Waals surface area contributed by atoms with Gasteiger partial charge in [-0.2, -0.15) is 0 Å². The maximum atomic E-state index is 12.0. The van der Waals surface area contributed by atoms with Gasteiger partial charge in [0.05, 0.1) is 11.4 Å². The molecule has 0 aliphatic heterocycles. The fourth-order valence-corrected chi connectivity index (χ4v) is 2.12. The van der Waals surface area contributed by atoms with Crippen molar-refractivity contribution in [3.8, 4) is 5.75 Å².